The van der Waals surface area contributed by atoms with Gasteiger partial charge >= 0.3 is 6.18 Å². The lowest BCUT2D eigenvalue weighted by molar-refractivity contribution is -0.184. The third-order valence-electron chi connectivity index (χ3n) is 1.31. The van der Waals surface area contributed by atoms with E-state index < -0.39 is 24.2 Å². The summed E-state index contributed by atoms with van der Waals surface area (Å²) in [4.78, 5) is 10.2. The molecule has 3 N–H and O–H groups in total. The van der Waals surface area contributed by atoms with Crippen LogP contribution in [0.25, 0.3) is 0 Å². The number of rotatable bonds is 0. The summed E-state index contributed by atoms with van der Waals surface area (Å²) in [5.41, 5.74) is 4.82. The Morgan fingerprint density at radius 3 is 2.10 bits per heavy atom. The van der Waals surface area contributed by atoms with E-state index in [1.54, 1.807) is 5.32 Å². The number of halogens is 3. The summed E-state index contributed by atoms with van der Waals surface area (Å²) in [6.07, 6.45) is -4.41. The number of nitrogens with two attached hydrogens (primary N) is 1. The first kappa shape index (κ1) is 7.33. The topological polar surface area (TPSA) is 55.1 Å². The van der Waals surface area contributed by atoms with Crippen LogP contribution in [0.4, 0.5) is 13.2 Å². The third kappa shape index (κ3) is 0.942. The number of hydrogen-bond donors (Lipinski definition) is 2. The third-order valence-corrected chi connectivity index (χ3v) is 1.31. The lowest BCUT2D eigenvalue weighted by Gasteiger charge is -2.34. The molecule has 0 radical (unpaired) electrons. The highest BCUT2D eigenvalue weighted by molar-refractivity contribution is 5.89. The van der Waals surface area contributed by atoms with Gasteiger partial charge in [-0.05, 0) is 0 Å². The molecule has 58 valence electrons. The van der Waals surface area contributed by atoms with Crippen LogP contribution in [-0.4, -0.2) is 24.2 Å². The van der Waals surface area contributed by atoms with Crippen LogP contribution in [0, 0.1) is 0 Å². The Kier molecular flexibility index (Phi) is 1.36. The molecule has 1 fully saturated rings. The molecule has 1 heterocycles. The van der Waals surface area contributed by atoms with Gasteiger partial charge in [0.1, 0.15) is 12.1 Å². The molecule has 0 saturated carbocycles. The number of carbonyl (C=O) groups is 1. The maximum absolute atomic E-state index is 11.6. The van der Waals surface area contributed by atoms with Crippen molar-refractivity contribution in [3.8, 4) is 0 Å². The van der Waals surface area contributed by atoms with Crippen LogP contribution in [0.2, 0.25) is 0 Å². The molecule has 6 heteroatoms. The molecular weight excluding hydrogens is 149 g/mol. The monoisotopic (exact) mass is 154 g/mol. The molecule has 0 aromatic heterocycles. The number of amides is 1. The van der Waals surface area contributed by atoms with E-state index in [0.717, 1.165) is 0 Å². The first-order valence-electron chi connectivity index (χ1n) is 2.55. The van der Waals surface area contributed by atoms with Crippen molar-refractivity contribution in [2.45, 2.75) is 18.3 Å². The SMILES string of the molecule is NC1C(=O)NC1C(F)(F)F. The summed E-state index contributed by atoms with van der Waals surface area (Å²) < 4.78 is 34.9. The van der Waals surface area contributed by atoms with Gasteiger partial charge in [0.2, 0.25) is 5.91 Å². The molecule has 1 aliphatic heterocycles. The fraction of sp³-hybridized carbons (Fsp3) is 0.750. The minimum atomic E-state index is -4.41. The largest absolute Gasteiger partial charge is 0.410 e. The van der Waals surface area contributed by atoms with Crippen LogP contribution in [-0.2, 0) is 4.79 Å². The maximum Gasteiger partial charge on any atom is 0.410 e. The lowest BCUT2D eigenvalue weighted by atomic mass is 10.00. The molecule has 1 rings (SSSR count). The Labute approximate surface area is 54.4 Å². The van der Waals surface area contributed by atoms with Crippen LogP contribution >= 0.6 is 0 Å². The summed E-state index contributed by atoms with van der Waals surface area (Å²) >= 11 is 0. The van der Waals surface area contributed by atoms with Crippen LogP contribution < -0.4 is 11.1 Å². The van der Waals surface area contributed by atoms with Gasteiger partial charge < -0.3 is 11.1 Å². The van der Waals surface area contributed by atoms with Gasteiger partial charge in [0, 0.05) is 0 Å². The second-order valence-corrected chi connectivity index (χ2v) is 2.05. The minimum Gasteiger partial charge on any atom is -0.341 e. The molecule has 0 aromatic carbocycles. The fourth-order valence-corrected chi connectivity index (χ4v) is 0.680. The highest BCUT2D eigenvalue weighted by Gasteiger charge is 2.53. The van der Waals surface area contributed by atoms with Crippen molar-refractivity contribution in [2.24, 2.45) is 5.73 Å². The highest BCUT2D eigenvalue weighted by atomic mass is 19.4. The fourth-order valence-electron chi connectivity index (χ4n) is 0.680. The first-order valence-corrected chi connectivity index (χ1v) is 2.55. The standard InChI is InChI=1S/C4H5F3N2O/c5-4(6,7)2-1(8)3(10)9-2/h1-2H,8H2,(H,9,10). The second-order valence-electron chi connectivity index (χ2n) is 2.05. The Bertz CT molecular complexity index is 166. The zero-order valence-electron chi connectivity index (χ0n) is 4.77. The number of nitrogens with one attached hydrogen (secondary N) is 1. The van der Waals surface area contributed by atoms with Gasteiger partial charge in [-0.3, -0.25) is 4.79 Å². The van der Waals surface area contributed by atoms with Gasteiger partial charge in [-0.2, -0.15) is 13.2 Å². The van der Waals surface area contributed by atoms with Crippen molar-refractivity contribution in [3.05, 3.63) is 0 Å². The van der Waals surface area contributed by atoms with E-state index in [0.29, 0.717) is 0 Å². The van der Waals surface area contributed by atoms with Gasteiger partial charge in [-0.1, -0.05) is 0 Å². The van der Waals surface area contributed by atoms with E-state index in [9.17, 15) is 18.0 Å². The zero-order chi connectivity index (χ0) is 7.94. The highest BCUT2D eigenvalue weighted by Crippen LogP contribution is 2.25. The van der Waals surface area contributed by atoms with E-state index in [-0.39, 0.29) is 0 Å². The van der Waals surface area contributed by atoms with Crippen LogP contribution in [0.3, 0.4) is 0 Å². The molecule has 2 atom stereocenters. The zero-order valence-corrected chi connectivity index (χ0v) is 4.77. The average Bonchev–Trinajstić information content (AvgIpc) is 1.79. The number of β-lactam (4-membered cyclic amide) rings is 1. The molecule has 0 spiro atoms. The molecule has 0 aliphatic carbocycles. The van der Waals surface area contributed by atoms with E-state index in [1.165, 1.54) is 0 Å². The maximum atomic E-state index is 11.6. The van der Waals surface area contributed by atoms with Gasteiger partial charge in [0.15, 0.2) is 0 Å². The predicted molar refractivity (Wildman–Crippen MR) is 26.0 cm³/mol. The molecular formula is C4H5F3N2O. The molecule has 1 saturated heterocycles. The minimum absolute atomic E-state index is 0.748. The average molecular weight is 154 g/mol. The lowest BCUT2D eigenvalue weighted by Crippen LogP contribution is -2.71. The van der Waals surface area contributed by atoms with E-state index in [4.69, 9.17) is 5.73 Å². The second kappa shape index (κ2) is 1.85. The van der Waals surface area contributed by atoms with Gasteiger partial charge in [-0.15, -0.1) is 0 Å². The van der Waals surface area contributed by atoms with E-state index >= 15 is 0 Å². The normalized spacial score (nSPS) is 33.0. The van der Waals surface area contributed by atoms with Crippen molar-refractivity contribution in [2.75, 3.05) is 0 Å². The summed E-state index contributed by atoms with van der Waals surface area (Å²) in [7, 11) is 0. The van der Waals surface area contributed by atoms with E-state index in [1.807, 2.05) is 0 Å². The quantitative estimate of drug-likeness (QED) is 0.456. The van der Waals surface area contributed by atoms with Gasteiger partial charge in [-0.25, -0.2) is 0 Å². The smallest absolute Gasteiger partial charge is 0.341 e. The Morgan fingerprint density at radius 2 is 2.00 bits per heavy atom. The summed E-state index contributed by atoms with van der Waals surface area (Å²) in [6.45, 7) is 0. The van der Waals surface area contributed by atoms with Crippen molar-refractivity contribution >= 4 is 5.91 Å². The van der Waals surface area contributed by atoms with Crippen LogP contribution in [0.15, 0.2) is 0 Å². The Morgan fingerprint density at radius 1 is 1.50 bits per heavy atom. The molecule has 1 amide bonds. The van der Waals surface area contributed by atoms with Crippen LogP contribution in [0.1, 0.15) is 0 Å². The number of carbonyl (C=O) groups excluding carboxylic acids is 1. The molecule has 3 nitrogen and oxygen atoms in total. The van der Waals surface area contributed by atoms with Crippen molar-refractivity contribution in [3.63, 3.8) is 0 Å². The Balaban J connectivity index is 2.56. The molecule has 10 heavy (non-hydrogen) atoms. The van der Waals surface area contributed by atoms with Crippen molar-refractivity contribution < 1.29 is 18.0 Å². The number of hydrogen-bond acceptors (Lipinski definition) is 2. The first-order chi connectivity index (χ1) is 4.43. The molecule has 1 aliphatic rings. The predicted octanol–water partition coefficient (Wildman–Crippen LogP) is -0.626. The summed E-state index contributed by atoms with van der Waals surface area (Å²) in [5, 5.41) is 1.64. The van der Waals surface area contributed by atoms with E-state index in [2.05, 4.69) is 0 Å². The Hall–Kier alpha value is -0.780. The molecule has 2 unspecified atom stereocenters. The van der Waals surface area contributed by atoms with Gasteiger partial charge in [0.25, 0.3) is 0 Å². The van der Waals surface area contributed by atoms with Crippen molar-refractivity contribution in [1.82, 2.24) is 5.32 Å². The molecule has 0 bridgehead atoms. The number of alkyl halides is 3. The molecule has 0 aromatic rings. The summed E-state index contributed by atoms with van der Waals surface area (Å²) in [6, 6.07) is -3.26. The van der Waals surface area contributed by atoms with Gasteiger partial charge in [0.05, 0.1) is 0 Å². The van der Waals surface area contributed by atoms with Crippen LogP contribution in [0.5, 0.6) is 0 Å². The summed E-state index contributed by atoms with van der Waals surface area (Å²) in [5.74, 6) is -0.748. The van der Waals surface area contributed by atoms with Crippen molar-refractivity contribution in [1.29, 1.82) is 0 Å².